The van der Waals surface area contributed by atoms with Crippen molar-refractivity contribution < 1.29 is 28.6 Å². The highest BCUT2D eigenvalue weighted by Gasteiger charge is 2.60. The van der Waals surface area contributed by atoms with Crippen LogP contribution in [0.5, 0.6) is 0 Å². The summed E-state index contributed by atoms with van der Waals surface area (Å²) in [5.74, 6) is 3.09. The first kappa shape index (κ1) is 24.5. The average molecular weight is 463 g/mol. The number of Topliss-reactive ketones (excluding diaryl/α,β-unsaturated/α-hetero) is 1. The molecule has 1 unspecified atom stereocenters. The van der Waals surface area contributed by atoms with Crippen molar-refractivity contribution in [2.24, 2.45) is 40.4 Å². The second kappa shape index (κ2) is 9.58. The van der Waals surface area contributed by atoms with Crippen molar-refractivity contribution in [1.82, 2.24) is 0 Å². The van der Waals surface area contributed by atoms with E-state index in [0.717, 1.165) is 37.5 Å². The molecule has 0 saturated heterocycles. The molecule has 33 heavy (non-hydrogen) atoms. The standard InChI is InChI=1S/C27H42O6/c1-17(28)22-8-9-23-21-7-6-19-16-20(33-25(30)32-15-5-14-31-18(2)29)10-12-26(19,3)24(21)11-13-27(22,23)4/h19-24H,5-16H2,1-4H3/t19-,20+,21-,22+,23?,24-,26-,27+/m0/s1. The molecular weight excluding hydrogens is 420 g/mol. The highest BCUT2D eigenvalue weighted by Crippen LogP contribution is 2.67. The van der Waals surface area contributed by atoms with E-state index in [1.165, 1.54) is 39.0 Å². The highest BCUT2D eigenvalue weighted by atomic mass is 16.7. The van der Waals surface area contributed by atoms with Crippen LogP contribution in [0, 0.1) is 40.4 Å². The first-order valence-corrected chi connectivity index (χ1v) is 13.1. The molecule has 4 aliphatic rings. The Labute approximate surface area is 198 Å². The van der Waals surface area contributed by atoms with Gasteiger partial charge in [-0.3, -0.25) is 9.59 Å². The van der Waals surface area contributed by atoms with Crippen LogP contribution in [0.25, 0.3) is 0 Å². The van der Waals surface area contributed by atoms with Gasteiger partial charge in [-0.05, 0) is 99.2 Å². The van der Waals surface area contributed by atoms with E-state index in [1.54, 1.807) is 6.92 Å². The van der Waals surface area contributed by atoms with E-state index < -0.39 is 6.16 Å². The quantitative estimate of drug-likeness (QED) is 0.372. The zero-order valence-corrected chi connectivity index (χ0v) is 20.9. The normalized spacial score (nSPS) is 41.8. The summed E-state index contributed by atoms with van der Waals surface area (Å²) in [7, 11) is 0. The van der Waals surface area contributed by atoms with Gasteiger partial charge >= 0.3 is 12.1 Å². The maximum atomic E-state index is 12.3. The second-order valence-corrected chi connectivity index (χ2v) is 11.7. The van der Waals surface area contributed by atoms with E-state index in [9.17, 15) is 14.4 Å². The third-order valence-electron chi connectivity index (χ3n) is 10.2. The topological polar surface area (TPSA) is 78.9 Å². The third kappa shape index (κ3) is 4.68. The van der Waals surface area contributed by atoms with Crippen molar-refractivity contribution >= 4 is 17.9 Å². The van der Waals surface area contributed by atoms with Crippen molar-refractivity contribution in [2.45, 2.75) is 98.0 Å². The predicted octanol–water partition coefficient (Wildman–Crippen LogP) is 5.71. The van der Waals surface area contributed by atoms with E-state index in [4.69, 9.17) is 14.2 Å². The first-order valence-electron chi connectivity index (χ1n) is 13.1. The summed E-state index contributed by atoms with van der Waals surface area (Å²) in [6, 6.07) is 0. The molecule has 4 aliphatic carbocycles. The van der Waals surface area contributed by atoms with Gasteiger partial charge in [-0.2, -0.15) is 0 Å². The third-order valence-corrected chi connectivity index (χ3v) is 10.2. The molecule has 4 rings (SSSR count). The molecule has 0 aliphatic heterocycles. The summed E-state index contributed by atoms with van der Waals surface area (Å²) in [6.45, 7) is 8.52. The van der Waals surface area contributed by atoms with Crippen LogP contribution in [-0.4, -0.2) is 37.2 Å². The predicted molar refractivity (Wildman–Crippen MR) is 123 cm³/mol. The zero-order chi connectivity index (χ0) is 23.8. The number of esters is 1. The molecule has 0 spiro atoms. The molecule has 6 heteroatoms. The molecule has 0 heterocycles. The van der Waals surface area contributed by atoms with Crippen LogP contribution in [0.15, 0.2) is 0 Å². The van der Waals surface area contributed by atoms with Crippen LogP contribution >= 0.6 is 0 Å². The minimum Gasteiger partial charge on any atom is -0.466 e. The van der Waals surface area contributed by atoms with E-state index in [2.05, 4.69) is 13.8 Å². The molecule has 8 atom stereocenters. The molecule has 0 N–H and O–H groups in total. The van der Waals surface area contributed by atoms with Crippen LogP contribution in [-0.2, 0) is 23.8 Å². The number of ketones is 1. The molecular formula is C27H42O6. The zero-order valence-electron chi connectivity index (χ0n) is 20.9. The Morgan fingerprint density at radius 2 is 1.52 bits per heavy atom. The summed E-state index contributed by atoms with van der Waals surface area (Å²) >= 11 is 0. The molecule has 6 nitrogen and oxygen atoms in total. The van der Waals surface area contributed by atoms with E-state index in [-0.39, 0.29) is 36.6 Å². The molecule has 0 amide bonds. The molecule has 0 aromatic carbocycles. The van der Waals surface area contributed by atoms with Gasteiger partial charge in [-0.15, -0.1) is 0 Å². The summed E-state index contributed by atoms with van der Waals surface area (Å²) in [4.78, 5) is 35.3. The van der Waals surface area contributed by atoms with Gasteiger partial charge in [0.15, 0.2) is 0 Å². The van der Waals surface area contributed by atoms with Crippen LogP contribution in [0.1, 0.15) is 91.9 Å². The number of rotatable bonds is 6. The van der Waals surface area contributed by atoms with Gasteiger partial charge in [-0.1, -0.05) is 13.8 Å². The Hall–Kier alpha value is -1.59. The number of hydrogen-bond donors (Lipinski definition) is 0. The van der Waals surface area contributed by atoms with E-state index >= 15 is 0 Å². The molecule has 0 aromatic rings. The van der Waals surface area contributed by atoms with Crippen LogP contribution in [0.2, 0.25) is 0 Å². The number of hydrogen-bond acceptors (Lipinski definition) is 6. The Bertz CT molecular complexity index is 764. The molecule has 186 valence electrons. The summed E-state index contributed by atoms with van der Waals surface area (Å²) < 4.78 is 15.7. The Kier molecular flexibility index (Phi) is 7.12. The van der Waals surface area contributed by atoms with Gasteiger partial charge < -0.3 is 14.2 Å². The maximum absolute atomic E-state index is 12.3. The van der Waals surface area contributed by atoms with Gasteiger partial charge in [-0.25, -0.2) is 4.79 Å². The average Bonchev–Trinajstić information content (AvgIpc) is 3.11. The van der Waals surface area contributed by atoms with Crippen molar-refractivity contribution in [3.05, 3.63) is 0 Å². The highest BCUT2D eigenvalue weighted by molar-refractivity contribution is 5.79. The fourth-order valence-corrected chi connectivity index (χ4v) is 8.59. The lowest BCUT2D eigenvalue weighted by molar-refractivity contribution is -0.142. The Balaban J connectivity index is 1.31. The molecule has 0 radical (unpaired) electrons. The van der Waals surface area contributed by atoms with Crippen molar-refractivity contribution in [1.29, 1.82) is 0 Å². The molecule has 4 fully saturated rings. The first-order chi connectivity index (χ1) is 15.6. The minimum absolute atomic E-state index is 0.0666. The van der Waals surface area contributed by atoms with Gasteiger partial charge in [0.1, 0.15) is 11.9 Å². The van der Waals surface area contributed by atoms with Crippen molar-refractivity contribution in [3.63, 3.8) is 0 Å². The second-order valence-electron chi connectivity index (χ2n) is 11.7. The number of ether oxygens (including phenoxy) is 3. The summed E-state index contributed by atoms with van der Waals surface area (Å²) in [6.07, 6.45) is 9.92. The fourth-order valence-electron chi connectivity index (χ4n) is 8.59. The van der Waals surface area contributed by atoms with Crippen LogP contribution in [0.4, 0.5) is 4.79 Å². The van der Waals surface area contributed by atoms with Gasteiger partial charge in [0.2, 0.25) is 0 Å². The van der Waals surface area contributed by atoms with Gasteiger partial charge in [0, 0.05) is 19.3 Å². The van der Waals surface area contributed by atoms with Crippen LogP contribution in [0.3, 0.4) is 0 Å². The minimum atomic E-state index is -0.602. The Morgan fingerprint density at radius 3 is 2.24 bits per heavy atom. The fraction of sp³-hybridized carbons (Fsp3) is 0.889. The summed E-state index contributed by atoms with van der Waals surface area (Å²) in [5.41, 5.74) is 0.516. The monoisotopic (exact) mass is 462 g/mol. The summed E-state index contributed by atoms with van der Waals surface area (Å²) in [5, 5.41) is 0. The van der Waals surface area contributed by atoms with E-state index in [0.29, 0.717) is 29.5 Å². The lowest BCUT2D eigenvalue weighted by atomic mass is 9.44. The number of carbonyl (C=O) groups is 3. The van der Waals surface area contributed by atoms with Gasteiger partial charge in [0.25, 0.3) is 0 Å². The lowest BCUT2D eigenvalue weighted by Gasteiger charge is -2.61. The van der Waals surface area contributed by atoms with Crippen LogP contribution < -0.4 is 0 Å². The van der Waals surface area contributed by atoms with E-state index in [1.807, 2.05) is 0 Å². The largest absolute Gasteiger partial charge is 0.508 e. The smallest absolute Gasteiger partial charge is 0.466 e. The SMILES string of the molecule is CC(=O)OCCCOC(=O)O[C@@H]1CC[C@@]2(C)[C@@H](CC[C@H]3C4CC[C@H](C(C)=O)[C@@]4(C)CC[C@@H]32)C1. The molecule has 4 saturated carbocycles. The number of fused-ring (bicyclic) bond motifs is 5. The van der Waals surface area contributed by atoms with Crippen molar-refractivity contribution in [2.75, 3.05) is 13.2 Å². The number of carbonyl (C=O) groups excluding carboxylic acids is 3. The lowest BCUT2D eigenvalue weighted by Crippen LogP contribution is -2.54. The van der Waals surface area contributed by atoms with Gasteiger partial charge in [0.05, 0.1) is 13.2 Å². The Morgan fingerprint density at radius 1 is 0.818 bits per heavy atom. The molecule has 0 bridgehead atoms. The molecule has 0 aromatic heterocycles. The van der Waals surface area contributed by atoms with Crippen molar-refractivity contribution in [3.8, 4) is 0 Å². The maximum Gasteiger partial charge on any atom is 0.508 e.